The van der Waals surface area contributed by atoms with E-state index in [1.54, 1.807) is 6.20 Å². The molecule has 1 rings (SSSR count). The van der Waals surface area contributed by atoms with Gasteiger partial charge in [0.05, 0.1) is 13.2 Å². The number of aliphatic hydroxyl groups is 1. The molecule has 2 amide bonds. The minimum atomic E-state index is -1.30. The Morgan fingerprint density at radius 2 is 2.28 bits per heavy atom. The zero-order valence-corrected chi connectivity index (χ0v) is 10.7. The van der Waals surface area contributed by atoms with Crippen molar-refractivity contribution in [1.82, 2.24) is 15.6 Å². The largest absolute Gasteiger partial charge is 0.480 e. The van der Waals surface area contributed by atoms with Gasteiger partial charge in [-0.15, -0.1) is 11.3 Å². The van der Waals surface area contributed by atoms with Crippen LogP contribution in [0.3, 0.4) is 0 Å². The first-order chi connectivity index (χ1) is 8.56. The van der Waals surface area contributed by atoms with Gasteiger partial charge in [-0.2, -0.15) is 0 Å². The molecule has 7 nitrogen and oxygen atoms in total. The third-order valence-electron chi connectivity index (χ3n) is 2.14. The molecule has 0 unspecified atom stereocenters. The third-order valence-corrected chi connectivity index (χ3v) is 3.28. The number of carboxylic acids is 1. The zero-order valence-electron chi connectivity index (χ0n) is 9.84. The number of nitrogens with zero attached hydrogens (tertiary/aromatic N) is 1. The lowest BCUT2D eigenvalue weighted by molar-refractivity contribution is -0.140. The van der Waals surface area contributed by atoms with Crippen LogP contribution < -0.4 is 10.6 Å². The number of aliphatic carboxylic acids is 1. The molecular weight excluding hydrogens is 258 g/mol. The summed E-state index contributed by atoms with van der Waals surface area (Å²) in [6.45, 7) is 1.59. The summed E-state index contributed by atoms with van der Waals surface area (Å²) < 4.78 is 0. The average Bonchev–Trinajstić information content (AvgIpc) is 2.81. The monoisotopic (exact) mass is 273 g/mol. The van der Waals surface area contributed by atoms with Gasteiger partial charge in [0.25, 0.3) is 0 Å². The quantitative estimate of drug-likeness (QED) is 0.580. The molecule has 0 bridgehead atoms. The van der Waals surface area contributed by atoms with Gasteiger partial charge in [0.15, 0.2) is 6.04 Å². The van der Waals surface area contributed by atoms with Gasteiger partial charge in [0, 0.05) is 11.1 Å². The van der Waals surface area contributed by atoms with Crippen molar-refractivity contribution < 1.29 is 19.8 Å². The van der Waals surface area contributed by atoms with E-state index in [1.165, 1.54) is 11.3 Å². The first kappa shape index (κ1) is 14.4. The Hall–Kier alpha value is -1.67. The van der Waals surface area contributed by atoms with Gasteiger partial charge in [-0.1, -0.05) is 6.92 Å². The SMILES string of the molecule is CCc1cnc(CNC(=O)N[C@@H](CO)C(=O)O)s1. The smallest absolute Gasteiger partial charge is 0.328 e. The molecule has 0 aromatic carbocycles. The second-order valence-electron chi connectivity index (χ2n) is 3.47. The van der Waals surface area contributed by atoms with E-state index in [0.717, 1.165) is 16.3 Å². The molecule has 0 saturated carbocycles. The van der Waals surface area contributed by atoms with Crippen LogP contribution in [-0.2, 0) is 17.8 Å². The Kier molecular flexibility index (Phi) is 5.53. The standard InChI is InChI=1S/C10H15N3O4S/c1-2-6-3-11-8(18-6)4-12-10(17)13-7(5-14)9(15)16/h3,7,14H,2,4-5H2,1H3,(H,15,16)(H2,12,13,17)/t7-/m0/s1. The number of aromatic nitrogens is 1. The molecule has 1 aromatic heterocycles. The number of carbonyl (C=O) groups excluding carboxylic acids is 1. The van der Waals surface area contributed by atoms with Crippen molar-refractivity contribution in [3.8, 4) is 0 Å². The molecule has 0 saturated heterocycles. The van der Waals surface area contributed by atoms with Gasteiger partial charge in [0.2, 0.25) is 0 Å². The summed E-state index contributed by atoms with van der Waals surface area (Å²) in [5.74, 6) is -1.28. The van der Waals surface area contributed by atoms with E-state index >= 15 is 0 Å². The van der Waals surface area contributed by atoms with Gasteiger partial charge in [-0.3, -0.25) is 0 Å². The summed E-state index contributed by atoms with van der Waals surface area (Å²) in [4.78, 5) is 27.1. The number of carbonyl (C=O) groups is 2. The maximum absolute atomic E-state index is 11.3. The lowest BCUT2D eigenvalue weighted by atomic mass is 10.3. The Morgan fingerprint density at radius 3 is 2.78 bits per heavy atom. The van der Waals surface area contributed by atoms with Crippen LogP contribution in [0.25, 0.3) is 0 Å². The van der Waals surface area contributed by atoms with E-state index in [9.17, 15) is 9.59 Å². The number of aryl methyl sites for hydroxylation is 1. The minimum Gasteiger partial charge on any atom is -0.480 e. The maximum atomic E-state index is 11.3. The van der Waals surface area contributed by atoms with Crippen LogP contribution in [0.15, 0.2) is 6.20 Å². The van der Waals surface area contributed by atoms with Crippen molar-refractivity contribution in [2.24, 2.45) is 0 Å². The zero-order chi connectivity index (χ0) is 13.5. The summed E-state index contributed by atoms with van der Waals surface area (Å²) in [6, 6.07) is -1.95. The highest BCUT2D eigenvalue weighted by Gasteiger charge is 2.18. The second-order valence-corrected chi connectivity index (χ2v) is 4.67. The molecular formula is C10H15N3O4S. The molecule has 18 heavy (non-hydrogen) atoms. The normalized spacial score (nSPS) is 11.9. The predicted octanol–water partition coefficient (Wildman–Crippen LogP) is -0.0498. The molecule has 0 fully saturated rings. The van der Waals surface area contributed by atoms with Crippen LogP contribution >= 0.6 is 11.3 Å². The molecule has 1 heterocycles. The number of nitrogens with one attached hydrogen (secondary N) is 2. The van der Waals surface area contributed by atoms with E-state index in [1.807, 2.05) is 6.92 Å². The molecule has 4 N–H and O–H groups in total. The number of aliphatic hydroxyl groups excluding tert-OH is 1. The number of thiazole rings is 1. The van der Waals surface area contributed by atoms with Crippen LogP contribution in [0, 0.1) is 0 Å². The van der Waals surface area contributed by atoms with Crippen LogP contribution in [-0.4, -0.2) is 39.8 Å². The fourth-order valence-corrected chi connectivity index (χ4v) is 1.95. The fourth-order valence-electron chi connectivity index (χ4n) is 1.14. The van der Waals surface area contributed by atoms with Crippen molar-refractivity contribution in [2.75, 3.05) is 6.61 Å². The number of rotatable bonds is 6. The first-order valence-electron chi connectivity index (χ1n) is 5.38. The molecule has 0 radical (unpaired) electrons. The second kappa shape index (κ2) is 6.92. The number of hydrogen-bond donors (Lipinski definition) is 4. The van der Waals surface area contributed by atoms with Crippen LogP contribution in [0.1, 0.15) is 16.8 Å². The summed E-state index contributed by atoms with van der Waals surface area (Å²) >= 11 is 1.49. The summed E-state index contributed by atoms with van der Waals surface area (Å²) in [6.07, 6.45) is 2.63. The Morgan fingerprint density at radius 1 is 1.56 bits per heavy atom. The van der Waals surface area contributed by atoms with Crippen molar-refractivity contribution in [2.45, 2.75) is 25.9 Å². The summed E-state index contributed by atoms with van der Waals surface area (Å²) in [5.41, 5.74) is 0. The molecule has 0 spiro atoms. The van der Waals surface area contributed by atoms with E-state index in [4.69, 9.17) is 10.2 Å². The van der Waals surface area contributed by atoms with Crippen LogP contribution in [0.2, 0.25) is 0 Å². The van der Waals surface area contributed by atoms with Gasteiger partial charge in [-0.25, -0.2) is 14.6 Å². The van der Waals surface area contributed by atoms with E-state index in [0.29, 0.717) is 0 Å². The van der Waals surface area contributed by atoms with Crippen molar-refractivity contribution in [3.63, 3.8) is 0 Å². The van der Waals surface area contributed by atoms with E-state index in [-0.39, 0.29) is 6.54 Å². The number of amides is 2. The molecule has 0 aliphatic carbocycles. The summed E-state index contributed by atoms with van der Waals surface area (Å²) in [5, 5.41) is 22.7. The van der Waals surface area contributed by atoms with Gasteiger partial charge in [-0.05, 0) is 6.42 Å². The molecule has 0 aliphatic heterocycles. The molecule has 0 aliphatic rings. The summed E-state index contributed by atoms with van der Waals surface area (Å²) in [7, 11) is 0. The molecule has 100 valence electrons. The lowest BCUT2D eigenvalue weighted by Crippen LogP contribution is -2.47. The van der Waals surface area contributed by atoms with Crippen molar-refractivity contribution in [1.29, 1.82) is 0 Å². The van der Waals surface area contributed by atoms with Gasteiger partial charge < -0.3 is 20.8 Å². The Bertz CT molecular complexity index is 421. The average molecular weight is 273 g/mol. The highest BCUT2D eigenvalue weighted by molar-refractivity contribution is 7.11. The number of carboxylic acid groups (broad SMARTS) is 1. The van der Waals surface area contributed by atoms with Crippen LogP contribution in [0.5, 0.6) is 0 Å². The first-order valence-corrected chi connectivity index (χ1v) is 6.20. The number of urea groups is 1. The molecule has 8 heteroatoms. The van der Waals surface area contributed by atoms with Crippen molar-refractivity contribution >= 4 is 23.3 Å². The van der Waals surface area contributed by atoms with Gasteiger partial charge >= 0.3 is 12.0 Å². The highest BCUT2D eigenvalue weighted by atomic mass is 32.1. The highest BCUT2D eigenvalue weighted by Crippen LogP contribution is 2.12. The minimum absolute atomic E-state index is 0.230. The van der Waals surface area contributed by atoms with E-state index < -0.39 is 24.6 Å². The predicted molar refractivity (Wildman–Crippen MR) is 65.4 cm³/mol. The third kappa shape index (κ3) is 4.30. The van der Waals surface area contributed by atoms with Crippen LogP contribution in [0.4, 0.5) is 4.79 Å². The fraction of sp³-hybridized carbons (Fsp3) is 0.500. The van der Waals surface area contributed by atoms with Crippen molar-refractivity contribution in [3.05, 3.63) is 16.1 Å². The van der Waals surface area contributed by atoms with E-state index in [2.05, 4.69) is 15.6 Å². The Labute approximate surface area is 108 Å². The lowest BCUT2D eigenvalue weighted by Gasteiger charge is -2.11. The maximum Gasteiger partial charge on any atom is 0.328 e. The topological polar surface area (TPSA) is 112 Å². The Balaban J connectivity index is 2.38. The van der Waals surface area contributed by atoms with Gasteiger partial charge in [0.1, 0.15) is 5.01 Å². The number of hydrogen-bond acceptors (Lipinski definition) is 5. The molecule has 1 atom stereocenters. The molecule has 1 aromatic rings.